The monoisotopic (exact) mass is 343 g/mol. The van der Waals surface area contributed by atoms with E-state index in [2.05, 4.69) is 27.4 Å². The fraction of sp³-hybridized carbons (Fsp3) is 0.389. The molecule has 0 fully saturated rings. The summed E-state index contributed by atoms with van der Waals surface area (Å²) in [7, 11) is 0. The van der Waals surface area contributed by atoms with Gasteiger partial charge in [-0.15, -0.1) is 0 Å². The molecule has 1 amide bonds. The van der Waals surface area contributed by atoms with E-state index in [9.17, 15) is 4.79 Å². The fourth-order valence-electron chi connectivity index (χ4n) is 2.68. The summed E-state index contributed by atoms with van der Waals surface area (Å²) in [5.74, 6) is 0.843. The van der Waals surface area contributed by atoms with Crippen molar-refractivity contribution >= 4 is 17.7 Å². The molecule has 0 saturated carbocycles. The van der Waals surface area contributed by atoms with Crippen molar-refractivity contribution in [3.8, 4) is 5.75 Å². The molecule has 1 N–H and O–H groups in total. The van der Waals surface area contributed by atoms with E-state index in [-0.39, 0.29) is 11.2 Å². The zero-order valence-corrected chi connectivity index (χ0v) is 14.5. The van der Waals surface area contributed by atoms with Crippen molar-refractivity contribution in [3.63, 3.8) is 0 Å². The van der Waals surface area contributed by atoms with Crippen LogP contribution in [0.4, 0.5) is 0 Å². The molecule has 6 heteroatoms. The van der Waals surface area contributed by atoms with E-state index in [0.717, 1.165) is 12.2 Å². The molecule has 1 heterocycles. The van der Waals surface area contributed by atoms with Crippen LogP contribution in [0, 0.1) is 0 Å². The lowest BCUT2D eigenvalue weighted by Crippen LogP contribution is -2.34. The SMILES string of the molecule is C[C@@H](Sc1ncccn1)C(=O)NCCOc1ccc2c(c1)CCC2. The predicted molar refractivity (Wildman–Crippen MR) is 94.3 cm³/mol. The van der Waals surface area contributed by atoms with Crippen LogP contribution in [-0.4, -0.2) is 34.3 Å². The first-order chi connectivity index (χ1) is 11.7. The van der Waals surface area contributed by atoms with Gasteiger partial charge in [0.1, 0.15) is 12.4 Å². The number of hydrogen-bond donors (Lipinski definition) is 1. The maximum absolute atomic E-state index is 12.1. The van der Waals surface area contributed by atoms with Gasteiger partial charge in [-0.2, -0.15) is 0 Å². The van der Waals surface area contributed by atoms with Gasteiger partial charge < -0.3 is 10.1 Å². The zero-order valence-electron chi connectivity index (χ0n) is 13.7. The average molecular weight is 343 g/mol. The smallest absolute Gasteiger partial charge is 0.233 e. The minimum Gasteiger partial charge on any atom is -0.492 e. The Balaban J connectivity index is 1.39. The predicted octanol–water partition coefficient (Wildman–Crippen LogP) is 2.64. The van der Waals surface area contributed by atoms with Gasteiger partial charge in [0.15, 0.2) is 5.16 Å². The molecular formula is C18H21N3O2S. The first kappa shape index (κ1) is 16.8. The number of ether oxygens (including phenoxy) is 1. The third-order valence-corrected chi connectivity index (χ3v) is 4.92. The van der Waals surface area contributed by atoms with Gasteiger partial charge in [-0.3, -0.25) is 4.79 Å². The van der Waals surface area contributed by atoms with Crippen LogP contribution in [0.3, 0.4) is 0 Å². The number of benzene rings is 1. The van der Waals surface area contributed by atoms with Crippen molar-refractivity contribution in [1.29, 1.82) is 0 Å². The lowest BCUT2D eigenvalue weighted by atomic mass is 10.1. The highest BCUT2D eigenvalue weighted by molar-refractivity contribution is 8.00. The molecule has 1 aromatic carbocycles. The Morgan fingerprint density at radius 2 is 2.08 bits per heavy atom. The van der Waals surface area contributed by atoms with Gasteiger partial charge in [-0.1, -0.05) is 17.8 Å². The van der Waals surface area contributed by atoms with Gasteiger partial charge in [-0.25, -0.2) is 9.97 Å². The Labute approximate surface area is 146 Å². The summed E-state index contributed by atoms with van der Waals surface area (Å²) in [5.41, 5.74) is 2.83. The zero-order chi connectivity index (χ0) is 16.8. The number of carbonyl (C=O) groups is 1. The molecule has 126 valence electrons. The summed E-state index contributed by atoms with van der Waals surface area (Å²) >= 11 is 1.34. The van der Waals surface area contributed by atoms with Crippen LogP contribution in [0.5, 0.6) is 5.75 Å². The Bertz CT molecular complexity index is 694. The highest BCUT2D eigenvalue weighted by Crippen LogP contribution is 2.25. The lowest BCUT2D eigenvalue weighted by Gasteiger charge is -2.12. The van der Waals surface area contributed by atoms with Crippen molar-refractivity contribution in [3.05, 3.63) is 47.8 Å². The van der Waals surface area contributed by atoms with E-state index < -0.39 is 0 Å². The Kier molecular flexibility index (Phi) is 5.69. The first-order valence-corrected chi connectivity index (χ1v) is 9.06. The summed E-state index contributed by atoms with van der Waals surface area (Å²) in [5, 5.41) is 3.25. The van der Waals surface area contributed by atoms with E-state index in [4.69, 9.17) is 4.74 Å². The summed E-state index contributed by atoms with van der Waals surface area (Å²) in [6, 6.07) is 8.03. The second-order valence-electron chi connectivity index (χ2n) is 5.72. The molecule has 5 nitrogen and oxygen atoms in total. The van der Waals surface area contributed by atoms with Crippen LogP contribution >= 0.6 is 11.8 Å². The van der Waals surface area contributed by atoms with Gasteiger partial charge in [0.25, 0.3) is 0 Å². The molecule has 1 aliphatic carbocycles. The molecule has 1 aromatic heterocycles. The molecular weight excluding hydrogens is 322 g/mol. The van der Waals surface area contributed by atoms with E-state index in [1.54, 1.807) is 18.5 Å². The van der Waals surface area contributed by atoms with Gasteiger partial charge in [-0.05, 0) is 55.5 Å². The molecule has 0 spiro atoms. The summed E-state index contributed by atoms with van der Waals surface area (Å²) < 4.78 is 5.73. The molecule has 1 aliphatic rings. The van der Waals surface area contributed by atoms with Gasteiger partial charge in [0.2, 0.25) is 5.91 Å². The number of amides is 1. The quantitative estimate of drug-likeness (QED) is 0.476. The molecule has 3 rings (SSSR count). The van der Waals surface area contributed by atoms with Crippen LogP contribution in [0.2, 0.25) is 0 Å². The molecule has 24 heavy (non-hydrogen) atoms. The summed E-state index contributed by atoms with van der Waals surface area (Å²) in [6.45, 7) is 2.79. The Hall–Kier alpha value is -2.08. The molecule has 0 aliphatic heterocycles. The maximum Gasteiger partial charge on any atom is 0.233 e. The number of nitrogens with one attached hydrogen (secondary N) is 1. The average Bonchev–Trinajstić information content (AvgIpc) is 3.07. The number of fused-ring (bicyclic) bond motifs is 1. The van der Waals surface area contributed by atoms with Crippen molar-refractivity contribution in [2.24, 2.45) is 0 Å². The van der Waals surface area contributed by atoms with Crippen LogP contribution in [0.15, 0.2) is 41.8 Å². The number of hydrogen-bond acceptors (Lipinski definition) is 5. The fourth-order valence-corrected chi connectivity index (χ4v) is 3.43. The van der Waals surface area contributed by atoms with Crippen molar-refractivity contribution in [2.75, 3.05) is 13.2 Å². The third-order valence-electron chi connectivity index (χ3n) is 3.93. The van der Waals surface area contributed by atoms with Gasteiger partial charge in [0.05, 0.1) is 11.8 Å². The summed E-state index contributed by atoms with van der Waals surface area (Å²) in [6.07, 6.45) is 6.89. The number of aromatic nitrogens is 2. The van der Waals surface area contributed by atoms with Crippen molar-refractivity contribution in [2.45, 2.75) is 36.6 Å². The first-order valence-electron chi connectivity index (χ1n) is 8.18. The Morgan fingerprint density at radius 1 is 1.29 bits per heavy atom. The minimum atomic E-state index is -0.243. The van der Waals surface area contributed by atoms with Gasteiger partial charge >= 0.3 is 0 Å². The Morgan fingerprint density at radius 3 is 2.92 bits per heavy atom. The van der Waals surface area contributed by atoms with Crippen molar-refractivity contribution in [1.82, 2.24) is 15.3 Å². The number of carbonyl (C=O) groups excluding carboxylic acids is 1. The van der Waals surface area contributed by atoms with Gasteiger partial charge in [0, 0.05) is 12.4 Å². The molecule has 0 unspecified atom stereocenters. The number of rotatable bonds is 7. The molecule has 0 saturated heterocycles. The molecule has 2 aromatic rings. The van der Waals surface area contributed by atoms with Crippen molar-refractivity contribution < 1.29 is 9.53 Å². The lowest BCUT2D eigenvalue weighted by molar-refractivity contribution is -0.120. The topological polar surface area (TPSA) is 64.1 Å². The molecule has 0 radical (unpaired) electrons. The molecule has 1 atom stereocenters. The normalized spacial score (nSPS) is 14.0. The standard InChI is InChI=1S/C18H21N3O2S/c1-13(24-18-20-8-3-9-21-18)17(22)19-10-11-23-16-7-6-14-4-2-5-15(14)12-16/h3,6-9,12-13H,2,4-5,10-11H2,1H3,(H,19,22)/t13-/m1/s1. The number of thioether (sulfide) groups is 1. The van der Waals surface area contributed by atoms with E-state index in [1.165, 1.54) is 35.7 Å². The van der Waals surface area contributed by atoms with E-state index in [1.807, 2.05) is 13.0 Å². The maximum atomic E-state index is 12.1. The third kappa shape index (κ3) is 4.47. The minimum absolute atomic E-state index is 0.0370. The summed E-state index contributed by atoms with van der Waals surface area (Å²) in [4.78, 5) is 20.3. The van der Waals surface area contributed by atoms with E-state index >= 15 is 0 Å². The van der Waals surface area contributed by atoms with Crippen LogP contribution in [-0.2, 0) is 17.6 Å². The van der Waals surface area contributed by atoms with Crippen LogP contribution < -0.4 is 10.1 Å². The van der Waals surface area contributed by atoms with E-state index in [0.29, 0.717) is 18.3 Å². The highest BCUT2D eigenvalue weighted by Gasteiger charge is 2.15. The largest absolute Gasteiger partial charge is 0.492 e. The number of nitrogens with zero attached hydrogens (tertiary/aromatic N) is 2. The molecule has 0 bridgehead atoms. The van der Waals surface area contributed by atoms with Crippen LogP contribution in [0.25, 0.3) is 0 Å². The van der Waals surface area contributed by atoms with Crippen LogP contribution in [0.1, 0.15) is 24.5 Å². The highest BCUT2D eigenvalue weighted by atomic mass is 32.2. The second-order valence-corrected chi connectivity index (χ2v) is 7.02. The second kappa shape index (κ2) is 8.15. The number of aryl methyl sites for hydroxylation is 2.